The van der Waals surface area contributed by atoms with Gasteiger partial charge in [0, 0.05) is 0 Å². The van der Waals surface area contributed by atoms with E-state index in [-0.39, 0.29) is 7.43 Å². The Bertz CT molecular complexity index is 206. The average Bonchev–Trinajstić information content (AvgIpc) is 2.05. The Hall–Kier alpha value is -0.780. The second-order valence-corrected chi connectivity index (χ2v) is 3.25. The molecule has 12 heavy (non-hydrogen) atoms. The van der Waals surface area contributed by atoms with Gasteiger partial charge in [0.15, 0.2) is 0 Å². The SMILES string of the molecule is C.CCc1ccc(C(C)C)cc1. The Morgan fingerprint density at radius 3 is 1.92 bits per heavy atom. The lowest BCUT2D eigenvalue weighted by Crippen LogP contribution is -1.87. The molecule has 68 valence electrons. The third kappa shape index (κ3) is 2.69. The van der Waals surface area contributed by atoms with Crippen molar-refractivity contribution in [2.24, 2.45) is 0 Å². The quantitative estimate of drug-likeness (QED) is 0.619. The van der Waals surface area contributed by atoms with Crippen LogP contribution in [0.2, 0.25) is 0 Å². The van der Waals surface area contributed by atoms with Crippen molar-refractivity contribution >= 4 is 0 Å². The first-order chi connectivity index (χ1) is 5.24. The maximum Gasteiger partial charge on any atom is -0.0219 e. The van der Waals surface area contributed by atoms with E-state index in [2.05, 4.69) is 45.0 Å². The zero-order chi connectivity index (χ0) is 8.27. The molecule has 0 atom stereocenters. The molecule has 0 radical (unpaired) electrons. The normalized spacial score (nSPS) is 9.67. The third-order valence-corrected chi connectivity index (χ3v) is 2.05. The van der Waals surface area contributed by atoms with Crippen molar-refractivity contribution in [3.8, 4) is 0 Å². The summed E-state index contributed by atoms with van der Waals surface area (Å²) in [6.45, 7) is 6.63. The van der Waals surface area contributed by atoms with Crippen LogP contribution in [0.15, 0.2) is 24.3 Å². The Morgan fingerprint density at radius 2 is 1.58 bits per heavy atom. The second-order valence-electron chi connectivity index (χ2n) is 3.25. The van der Waals surface area contributed by atoms with Gasteiger partial charge in [0.05, 0.1) is 0 Å². The van der Waals surface area contributed by atoms with Crippen LogP contribution in [0.1, 0.15) is 45.2 Å². The van der Waals surface area contributed by atoms with Gasteiger partial charge in [-0.2, -0.15) is 0 Å². The van der Waals surface area contributed by atoms with Crippen molar-refractivity contribution in [3.63, 3.8) is 0 Å². The van der Waals surface area contributed by atoms with Gasteiger partial charge in [0.1, 0.15) is 0 Å². The summed E-state index contributed by atoms with van der Waals surface area (Å²) >= 11 is 0. The van der Waals surface area contributed by atoms with Crippen LogP contribution in [-0.4, -0.2) is 0 Å². The maximum absolute atomic E-state index is 2.23. The van der Waals surface area contributed by atoms with Crippen molar-refractivity contribution in [2.45, 2.75) is 40.5 Å². The van der Waals surface area contributed by atoms with Gasteiger partial charge in [-0.3, -0.25) is 0 Å². The smallest absolute Gasteiger partial charge is 0.0219 e. The molecule has 1 aromatic rings. The van der Waals surface area contributed by atoms with E-state index in [4.69, 9.17) is 0 Å². The zero-order valence-electron chi connectivity index (χ0n) is 7.59. The molecular formula is C12H20. The fourth-order valence-corrected chi connectivity index (χ4v) is 1.14. The largest absolute Gasteiger partial charge is 0.0776 e. The first-order valence-electron chi connectivity index (χ1n) is 4.33. The highest BCUT2D eigenvalue weighted by Crippen LogP contribution is 2.14. The number of hydrogen-bond acceptors (Lipinski definition) is 0. The predicted molar refractivity (Wildman–Crippen MR) is 56.6 cm³/mol. The number of aryl methyl sites for hydroxylation is 1. The molecule has 0 bridgehead atoms. The minimum absolute atomic E-state index is 0. The molecule has 0 N–H and O–H groups in total. The van der Waals surface area contributed by atoms with E-state index >= 15 is 0 Å². The highest BCUT2D eigenvalue weighted by atomic mass is 14.0. The van der Waals surface area contributed by atoms with E-state index < -0.39 is 0 Å². The molecule has 0 saturated carbocycles. The summed E-state index contributed by atoms with van der Waals surface area (Å²) in [5.74, 6) is 0.654. The highest BCUT2D eigenvalue weighted by Gasteiger charge is 1.96. The van der Waals surface area contributed by atoms with E-state index in [0.717, 1.165) is 6.42 Å². The van der Waals surface area contributed by atoms with Gasteiger partial charge in [0.2, 0.25) is 0 Å². The molecule has 1 rings (SSSR count). The second kappa shape index (κ2) is 4.97. The van der Waals surface area contributed by atoms with Gasteiger partial charge >= 0.3 is 0 Å². The molecule has 0 saturated heterocycles. The summed E-state index contributed by atoms with van der Waals surface area (Å²) in [4.78, 5) is 0. The molecule has 0 amide bonds. The first kappa shape index (κ1) is 11.2. The molecule has 0 aliphatic rings. The molecule has 0 aliphatic heterocycles. The summed E-state index contributed by atoms with van der Waals surface area (Å²) < 4.78 is 0. The molecule has 0 nitrogen and oxygen atoms in total. The van der Waals surface area contributed by atoms with Crippen LogP contribution in [-0.2, 0) is 6.42 Å². The predicted octanol–water partition coefficient (Wildman–Crippen LogP) is 4.01. The minimum atomic E-state index is 0. The number of hydrogen-bond donors (Lipinski definition) is 0. The van der Waals surface area contributed by atoms with Gasteiger partial charge in [0.25, 0.3) is 0 Å². The molecule has 0 heteroatoms. The van der Waals surface area contributed by atoms with Crippen LogP contribution in [0.3, 0.4) is 0 Å². The molecular weight excluding hydrogens is 144 g/mol. The molecule has 0 spiro atoms. The lowest BCUT2D eigenvalue weighted by atomic mass is 10.0. The topological polar surface area (TPSA) is 0 Å². The maximum atomic E-state index is 2.23. The van der Waals surface area contributed by atoms with Crippen molar-refractivity contribution < 1.29 is 0 Å². The monoisotopic (exact) mass is 164 g/mol. The number of benzene rings is 1. The first-order valence-corrected chi connectivity index (χ1v) is 4.33. The molecule has 1 aromatic carbocycles. The fraction of sp³-hybridized carbons (Fsp3) is 0.500. The zero-order valence-corrected chi connectivity index (χ0v) is 7.59. The van der Waals surface area contributed by atoms with E-state index in [1.54, 1.807) is 0 Å². The van der Waals surface area contributed by atoms with Crippen LogP contribution in [0.25, 0.3) is 0 Å². The van der Waals surface area contributed by atoms with Crippen LogP contribution >= 0.6 is 0 Å². The lowest BCUT2D eigenvalue weighted by molar-refractivity contribution is 0.865. The standard InChI is InChI=1S/C11H16.CH4/c1-4-10-5-7-11(8-6-10)9(2)3;/h5-9H,4H2,1-3H3;1H4. The lowest BCUT2D eigenvalue weighted by Gasteiger charge is -2.04. The Balaban J connectivity index is 0.00000121. The summed E-state index contributed by atoms with van der Waals surface area (Å²) in [6, 6.07) is 8.89. The summed E-state index contributed by atoms with van der Waals surface area (Å²) in [5.41, 5.74) is 2.86. The minimum Gasteiger partial charge on any atom is -0.0776 e. The van der Waals surface area contributed by atoms with Crippen molar-refractivity contribution in [1.29, 1.82) is 0 Å². The Kier molecular flexibility index (Phi) is 4.65. The van der Waals surface area contributed by atoms with Gasteiger partial charge in [-0.1, -0.05) is 52.5 Å². The molecule has 0 aliphatic carbocycles. The molecule has 0 fully saturated rings. The van der Waals surface area contributed by atoms with Crippen molar-refractivity contribution in [2.75, 3.05) is 0 Å². The van der Waals surface area contributed by atoms with Gasteiger partial charge in [-0.15, -0.1) is 0 Å². The Labute approximate surface area is 76.6 Å². The summed E-state index contributed by atoms with van der Waals surface area (Å²) in [7, 11) is 0. The van der Waals surface area contributed by atoms with Crippen LogP contribution < -0.4 is 0 Å². The third-order valence-electron chi connectivity index (χ3n) is 2.05. The molecule has 0 heterocycles. The van der Waals surface area contributed by atoms with Crippen LogP contribution in [0.5, 0.6) is 0 Å². The van der Waals surface area contributed by atoms with Crippen molar-refractivity contribution in [3.05, 3.63) is 35.4 Å². The van der Waals surface area contributed by atoms with Gasteiger partial charge in [-0.05, 0) is 23.5 Å². The van der Waals surface area contributed by atoms with E-state index in [0.29, 0.717) is 5.92 Å². The Morgan fingerprint density at radius 1 is 1.08 bits per heavy atom. The van der Waals surface area contributed by atoms with Gasteiger partial charge < -0.3 is 0 Å². The van der Waals surface area contributed by atoms with E-state index in [1.165, 1.54) is 11.1 Å². The van der Waals surface area contributed by atoms with Crippen LogP contribution in [0, 0.1) is 0 Å². The molecule has 0 unspecified atom stereocenters. The number of rotatable bonds is 2. The van der Waals surface area contributed by atoms with Crippen molar-refractivity contribution in [1.82, 2.24) is 0 Å². The van der Waals surface area contributed by atoms with E-state index in [1.807, 2.05) is 0 Å². The highest BCUT2D eigenvalue weighted by molar-refractivity contribution is 5.24. The summed E-state index contributed by atoms with van der Waals surface area (Å²) in [6.07, 6.45) is 1.14. The fourth-order valence-electron chi connectivity index (χ4n) is 1.14. The van der Waals surface area contributed by atoms with Gasteiger partial charge in [-0.25, -0.2) is 0 Å². The molecule has 0 aromatic heterocycles. The average molecular weight is 164 g/mol. The summed E-state index contributed by atoms with van der Waals surface area (Å²) in [5, 5.41) is 0. The van der Waals surface area contributed by atoms with Crippen LogP contribution in [0.4, 0.5) is 0 Å². The van der Waals surface area contributed by atoms with E-state index in [9.17, 15) is 0 Å².